The molecule has 130 valence electrons. The summed E-state index contributed by atoms with van der Waals surface area (Å²) in [5.41, 5.74) is 1.91. The smallest absolute Gasteiger partial charge is 0.267 e. The molecule has 6 nitrogen and oxygen atoms in total. The van der Waals surface area contributed by atoms with E-state index < -0.39 is 6.10 Å². The van der Waals surface area contributed by atoms with Crippen LogP contribution in [0.15, 0.2) is 28.4 Å². The molecule has 1 aliphatic rings. The summed E-state index contributed by atoms with van der Waals surface area (Å²) in [6.07, 6.45) is 0.272. The second kappa shape index (κ2) is 8.02. The molecule has 0 saturated carbocycles. The fourth-order valence-corrected chi connectivity index (χ4v) is 3.56. The van der Waals surface area contributed by atoms with Gasteiger partial charge in [-0.25, -0.2) is 4.68 Å². The van der Waals surface area contributed by atoms with Crippen LogP contribution in [0.1, 0.15) is 23.1 Å². The lowest BCUT2D eigenvalue weighted by Crippen LogP contribution is -2.40. The van der Waals surface area contributed by atoms with Gasteiger partial charge in [0.1, 0.15) is 0 Å². The van der Waals surface area contributed by atoms with E-state index in [-0.39, 0.29) is 5.56 Å². The molecule has 7 heteroatoms. The minimum Gasteiger partial charge on any atom is -0.389 e. The Bertz CT molecular complexity index is 714. The van der Waals surface area contributed by atoms with E-state index in [1.54, 1.807) is 17.4 Å². The number of nitrogens with zero attached hydrogens (tertiary/aromatic N) is 3. The van der Waals surface area contributed by atoms with Gasteiger partial charge >= 0.3 is 0 Å². The van der Waals surface area contributed by atoms with Gasteiger partial charge in [-0.15, -0.1) is 11.3 Å². The number of rotatable bonds is 7. The molecule has 1 unspecified atom stereocenters. The average Bonchev–Trinajstić information content (AvgIpc) is 3.07. The lowest BCUT2D eigenvalue weighted by Gasteiger charge is -2.29. The fraction of sp³-hybridized carbons (Fsp3) is 0.529. The third kappa shape index (κ3) is 4.30. The van der Waals surface area contributed by atoms with Gasteiger partial charge in [0.15, 0.2) is 0 Å². The largest absolute Gasteiger partial charge is 0.389 e. The second-order valence-corrected chi connectivity index (χ2v) is 7.04. The second-order valence-electron chi connectivity index (χ2n) is 6.00. The molecule has 3 heterocycles. The quantitative estimate of drug-likeness (QED) is 0.815. The van der Waals surface area contributed by atoms with E-state index in [9.17, 15) is 9.90 Å². The van der Waals surface area contributed by atoms with Gasteiger partial charge in [-0.2, -0.15) is 5.10 Å². The molecule has 2 aromatic rings. The molecule has 0 radical (unpaired) electrons. The van der Waals surface area contributed by atoms with Crippen molar-refractivity contribution in [2.45, 2.75) is 39.1 Å². The molecule has 3 rings (SSSR count). The summed E-state index contributed by atoms with van der Waals surface area (Å²) in [5.74, 6) is 0. The van der Waals surface area contributed by atoms with Crippen molar-refractivity contribution in [3.8, 4) is 0 Å². The van der Waals surface area contributed by atoms with Crippen LogP contribution in [-0.4, -0.2) is 45.6 Å². The highest BCUT2D eigenvalue weighted by Gasteiger charge is 2.21. The number of aliphatic hydroxyl groups is 1. The summed E-state index contributed by atoms with van der Waals surface area (Å²) in [6.45, 7) is 5.41. The van der Waals surface area contributed by atoms with Gasteiger partial charge in [0.2, 0.25) is 0 Å². The molecule has 1 N–H and O–H groups in total. The number of β-amino-alcohol motifs (C(OH)–C–C–N with tert-alkyl or cyclic N) is 1. The van der Waals surface area contributed by atoms with Crippen LogP contribution >= 0.6 is 11.3 Å². The molecule has 1 aliphatic heterocycles. The minimum absolute atomic E-state index is 0.0575. The topological polar surface area (TPSA) is 67.6 Å². The number of aliphatic hydroxyl groups excluding tert-OH is 1. The van der Waals surface area contributed by atoms with Crippen molar-refractivity contribution in [1.82, 2.24) is 14.7 Å². The molecular formula is C17H23N3O3S. The Labute approximate surface area is 145 Å². The van der Waals surface area contributed by atoms with E-state index in [4.69, 9.17) is 4.74 Å². The summed E-state index contributed by atoms with van der Waals surface area (Å²) in [5, 5.41) is 16.6. The summed E-state index contributed by atoms with van der Waals surface area (Å²) >= 11 is 1.65. The number of hydrogen-bond donors (Lipinski definition) is 1. The van der Waals surface area contributed by atoms with Crippen LogP contribution in [0.2, 0.25) is 0 Å². The van der Waals surface area contributed by atoms with E-state index in [1.165, 1.54) is 4.68 Å². The average molecular weight is 349 g/mol. The Morgan fingerprint density at radius 2 is 2.38 bits per heavy atom. The van der Waals surface area contributed by atoms with Gasteiger partial charge in [-0.3, -0.25) is 9.69 Å². The Kier molecular flexibility index (Phi) is 5.78. The maximum Gasteiger partial charge on any atom is 0.267 e. The number of hydrogen-bond acceptors (Lipinski definition) is 6. The molecule has 2 aromatic heterocycles. The molecule has 0 aromatic carbocycles. The number of thiophene rings is 1. The van der Waals surface area contributed by atoms with E-state index in [2.05, 4.69) is 10.00 Å². The number of fused-ring (bicyclic) bond motifs is 1. The molecule has 0 amide bonds. The van der Waals surface area contributed by atoms with Gasteiger partial charge in [-0.05, 0) is 23.9 Å². The summed E-state index contributed by atoms with van der Waals surface area (Å²) in [6, 6.07) is 5.69. The van der Waals surface area contributed by atoms with Crippen molar-refractivity contribution >= 4 is 11.3 Å². The van der Waals surface area contributed by atoms with Crippen molar-refractivity contribution in [3.63, 3.8) is 0 Å². The van der Waals surface area contributed by atoms with Crippen LogP contribution in [0, 0.1) is 0 Å². The zero-order valence-electron chi connectivity index (χ0n) is 13.9. The van der Waals surface area contributed by atoms with Crippen LogP contribution in [-0.2, 0) is 30.9 Å². The predicted octanol–water partition coefficient (Wildman–Crippen LogP) is 1.26. The van der Waals surface area contributed by atoms with Gasteiger partial charge in [-0.1, -0.05) is 6.07 Å². The Hall–Kier alpha value is -1.54. The Morgan fingerprint density at radius 3 is 3.12 bits per heavy atom. The number of aromatic nitrogens is 2. The Balaban J connectivity index is 1.50. The lowest BCUT2D eigenvalue weighted by atomic mass is 10.1. The summed E-state index contributed by atoms with van der Waals surface area (Å²) in [4.78, 5) is 15.2. The molecule has 0 aliphatic carbocycles. The van der Waals surface area contributed by atoms with Crippen molar-refractivity contribution in [1.29, 1.82) is 0 Å². The SMILES string of the molecule is CCn1nc2c(cc1=O)CN(CC(O)COCc1cccs1)CC2. The van der Waals surface area contributed by atoms with E-state index in [0.717, 1.165) is 29.1 Å². The molecule has 24 heavy (non-hydrogen) atoms. The Morgan fingerprint density at radius 1 is 1.50 bits per heavy atom. The molecule has 0 spiro atoms. The van der Waals surface area contributed by atoms with E-state index in [0.29, 0.717) is 32.8 Å². The first-order valence-corrected chi connectivity index (χ1v) is 9.14. The highest BCUT2D eigenvalue weighted by Crippen LogP contribution is 2.15. The van der Waals surface area contributed by atoms with Gasteiger partial charge in [0.25, 0.3) is 5.56 Å². The first-order chi connectivity index (χ1) is 11.7. The van der Waals surface area contributed by atoms with E-state index in [1.807, 2.05) is 24.4 Å². The number of ether oxygens (including phenoxy) is 1. The summed E-state index contributed by atoms with van der Waals surface area (Å²) in [7, 11) is 0. The normalized spacial score (nSPS) is 16.1. The third-order valence-corrected chi connectivity index (χ3v) is 4.98. The van der Waals surface area contributed by atoms with Crippen molar-refractivity contribution < 1.29 is 9.84 Å². The van der Waals surface area contributed by atoms with E-state index >= 15 is 0 Å². The van der Waals surface area contributed by atoms with Crippen molar-refractivity contribution in [2.75, 3.05) is 19.7 Å². The zero-order valence-corrected chi connectivity index (χ0v) is 14.7. The lowest BCUT2D eigenvalue weighted by molar-refractivity contribution is 0.00832. The first-order valence-electron chi connectivity index (χ1n) is 8.26. The van der Waals surface area contributed by atoms with Gasteiger partial charge in [0, 0.05) is 43.5 Å². The zero-order chi connectivity index (χ0) is 16.9. The van der Waals surface area contributed by atoms with Crippen molar-refractivity contribution in [3.05, 3.63) is 50.1 Å². The van der Waals surface area contributed by atoms with Crippen LogP contribution in [0.5, 0.6) is 0 Å². The highest BCUT2D eigenvalue weighted by atomic mass is 32.1. The fourth-order valence-electron chi connectivity index (χ4n) is 2.92. The molecular weight excluding hydrogens is 326 g/mol. The van der Waals surface area contributed by atoms with Crippen LogP contribution in [0.25, 0.3) is 0 Å². The monoisotopic (exact) mass is 349 g/mol. The molecule has 0 saturated heterocycles. The molecule has 0 fully saturated rings. The minimum atomic E-state index is -0.532. The maximum atomic E-state index is 11.9. The van der Waals surface area contributed by atoms with Crippen LogP contribution in [0.4, 0.5) is 0 Å². The number of aryl methyl sites for hydroxylation is 1. The highest BCUT2D eigenvalue weighted by molar-refractivity contribution is 7.09. The molecule has 1 atom stereocenters. The standard InChI is InChI=1S/C17H23N3O3S/c1-2-20-17(22)8-13-9-19(6-5-16(13)18-20)10-14(21)11-23-12-15-4-3-7-24-15/h3-4,7-8,14,21H,2,5-6,9-12H2,1H3. The first kappa shape index (κ1) is 17.3. The maximum absolute atomic E-state index is 11.9. The summed E-state index contributed by atoms with van der Waals surface area (Å²) < 4.78 is 7.07. The molecule has 0 bridgehead atoms. The van der Waals surface area contributed by atoms with Gasteiger partial charge in [0.05, 0.1) is 25.0 Å². The van der Waals surface area contributed by atoms with Crippen molar-refractivity contribution in [2.24, 2.45) is 0 Å². The third-order valence-electron chi connectivity index (χ3n) is 4.13. The van der Waals surface area contributed by atoms with Gasteiger partial charge < -0.3 is 9.84 Å². The predicted molar refractivity (Wildman–Crippen MR) is 93.1 cm³/mol. The van der Waals surface area contributed by atoms with Crippen LogP contribution in [0.3, 0.4) is 0 Å². The van der Waals surface area contributed by atoms with Crippen LogP contribution < -0.4 is 5.56 Å².